The van der Waals surface area contributed by atoms with Crippen LogP contribution in [0.15, 0.2) is 17.4 Å². The third-order valence-corrected chi connectivity index (χ3v) is 3.47. The van der Waals surface area contributed by atoms with Gasteiger partial charge in [-0.1, -0.05) is 0 Å². The van der Waals surface area contributed by atoms with Crippen LogP contribution in [0.4, 0.5) is 0 Å². The fourth-order valence-electron chi connectivity index (χ4n) is 2.31. The van der Waals surface area contributed by atoms with E-state index >= 15 is 0 Å². The summed E-state index contributed by atoms with van der Waals surface area (Å²) in [5.74, 6) is 0. The maximum absolute atomic E-state index is 11.6. The molecule has 0 unspecified atom stereocenters. The summed E-state index contributed by atoms with van der Waals surface area (Å²) >= 11 is 0. The first-order valence-electron chi connectivity index (χ1n) is 6.10. The molecule has 0 bridgehead atoms. The van der Waals surface area contributed by atoms with Crippen LogP contribution in [0.25, 0.3) is 11.2 Å². The predicted octanol–water partition coefficient (Wildman–Crippen LogP) is -1.88. The lowest BCUT2D eigenvalue weighted by Crippen LogP contribution is -2.54. The average Bonchev–Trinajstić information content (AvgIpc) is 2.86. The van der Waals surface area contributed by atoms with Crippen molar-refractivity contribution in [1.82, 2.24) is 19.5 Å². The topological polar surface area (TPSA) is 133 Å². The second kappa shape index (κ2) is 4.63. The predicted molar refractivity (Wildman–Crippen MR) is 65.8 cm³/mol. The number of hydrogen-bond acceptors (Lipinski definition) is 7. The molecule has 5 atom stereocenters. The number of nitrogens with one attached hydrogen (secondary N) is 1. The second-order valence-electron chi connectivity index (χ2n) is 4.76. The van der Waals surface area contributed by atoms with Gasteiger partial charge in [-0.3, -0.25) is 9.36 Å². The van der Waals surface area contributed by atoms with Crippen LogP contribution >= 0.6 is 0 Å². The summed E-state index contributed by atoms with van der Waals surface area (Å²) in [7, 11) is 0. The van der Waals surface area contributed by atoms with Crippen molar-refractivity contribution in [3.8, 4) is 0 Å². The Balaban J connectivity index is 2.07. The van der Waals surface area contributed by atoms with Crippen LogP contribution in [-0.2, 0) is 4.74 Å². The summed E-state index contributed by atoms with van der Waals surface area (Å²) < 4.78 is 6.85. The zero-order valence-corrected chi connectivity index (χ0v) is 10.5. The number of nitrogens with zero attached hydrogens (tertiary/aromatic N) is 3. The van der Waals surface area contributed by atoms with Crippen LogP contribution in [0.2, 0.25) is 0 Å². The number of imidazole rings is 1. The van der Waals surface area contributed by atoms with Gasteiger partial charge in [0.25, 0.3) is 5.56 Å². The molecule has 20 heavy (non-hydrogen) atoms. The summed E-state index contributed by atoms with van der Waals surface area (Å²) in [4.78, 5) is 21.9. The molecule has 0 spiro atoms. The molecule has 1 saturated heterocycles. The van der Waals surface area contributed by atoms with E-state index in [1.165, 1.54) is 17.2 Å². The number of fused-ring (bicyclic) bond motifs is 1. The van der Waals surface area contributed by atoms with E-state index in [1.54, 1.807) is 6.92 Å². The quantitative estimate of drug-likeness (QED) is 0.481. The number of aliphatic hydroxyl groups is 3. The van der Waals surface area contributed by atoms with Crippen molar-refractivity contribution in [2.24, 2.45) is 0 Å². The minimum absolute atomic E-state index is 0.108. The van der Waals surface area contributed by atoms with Crippen molar-refractivity contribution in [2.75, 3.05) is 0 Å². The van der Waals surface area contributed by atoms with Gasteiger partial charge in [0.2, 0.25) is 0 Å². The van der Waals surface area contributed by atoms with E-state index in [0.29, 0.717) is 0 Å². The van der Waals surface area contributed by atoms with Crippen LogP contribution in [0.5, 0.6) is 0 Å². The first kappa shape index (κ1) is 13.2. The van der Waals surface area contributed by atoms with Crippen molar-refractivity contribution in [2.45, 2.75) is 37.6 Å². The van der Waals surface area contributed by atoms with Gasteiger partial charge >= 0.3 is 0 Å². The molecule has 1 aliphatic heterocycles. The first-order valence-corrected chi connectivity index (χ1v) is 6.10. The van der Waals surface area contributed by atoms with Gasteiger partial charge in [-0.2, -0.15) is 0 Å². The monoisotopic (exact) mass is 282 g/mol. The van der Waals surface area contributed by atoms with Gasteiger partial charge in [0.1, 0.15) is 18.3 Å². The Morgan fingerprint density at radius 2 is 2.00 bits per heavy atom. The number of hydrogen-bond donors (Lipinski definition) is 4. The highest BCUT2D eigenvalue weighted by atomic mass is 16.5. The molecule has 0 saturated carbocycles. The largest absolute Gasteiger partial charge is 0.388 e. The Morgan fingerprint density at radius 1 is 1.25 bits per heavy atom. The summed E-state index contributed by atoms with van der Waals surface area (Å²) in [5.41, 5.74) is -0.0714. The Kier molecular flexibility index (Phi) is 3.05. The first-order chi connectivity index (χ1) is 9.50. The number of H-pyrrole nitrogens is 1. The molecule has 3 rings (SSSR count). The van der Waals surface area contributed by atoms with Crippen molar-refractivity contribution in [1.29, 1.82) is 0 Å². The Morgan fingerprint density at radius 3 is 2.75 bits per heavy atom. The highest BCUT2D eigenvalue weighted by Crippen LogP contribution is 2.29. The molecule has 2 aromatic heterocycles. The summed E-state index contributed by atoms with van der Waals surface area (Å²) in [6.07, 6.45) is -3.05. The molecule has 0 radical (unpaired) electrons. The molecule has 4 N–H and O–H groups in total. The number of rotatable bonds is 1. The Bertz CT molecular complexity index is 683. The minimum Gasteiger partial charge on any atom is -0.388 e. The maximum atomic E-state index is 11.6. The van der Waals surface area contributed by atoms with Gasteiger partial charge in [-0.25, -0.2) is 9.97 Å². The van der Waals surface area contributed by atoms with Gasteiger partial charge in [-0.15, -0.1) is 0 Å². The minimum atomic E-state index is -1.36. The second-order valence-corrected chi connectivity index (χ2v) is 4.76. The van der Waals surface area contributed by atoms with Crippen molar-refractivity contribution in [3.63, 3.8) is 0 Å². The van der Waals surface area contributed by atoms with Crippen molar-refractivity contribution >= 4 is 11.2 Å². The summed E-state index contributed by atoms with van der Waals surface area (Å²) in [5, 5.41) is 29.5. The molecule has 0 aliphatic carbocycles. The highest BCUT2D eigenvalue weighted by molar-refractivity contribution is 5.68. The summed E-state index contributed by atoms with van der Waals surface area (Å²) in [6.45, 7) is 1.58. The van der Waals surface area contributed by atoms with Gasteiger partial charge in [0.15, 0.2) is 17.4 Å². The van der Waals surface area contributed by atoms with Gasteiger partial charge < -0.3 is 25.0 Å². The van der Waals surface area contributed by atoms with Crippen LogP contribution in [0.3, 0.4) is 0 Å². The van der Waals surface area contributed by atoms with Crippen molar-refractivity contribution in [3.05, 3.63) is 23.0 Å². The lowest BCUT2D eigenvalue weighted by Gasteiger charge is -2.39. The van der Waals surface area contributed by atoms with Crippen LogP contribution in [0.1, 0.15) is 13.2 Å². The van der Waals surface area contributed by atoms with Crippen LogP contribution in [-0.4, -0.2) is 59.3 Å². The van der Waals surface area contributed by atoms with E-state index < -0.39 is 36.2 Å². The molecule has 1 fully saturated rings. The fourth-order valence-corrected chi connectivity index (χ4v) is 2.31. The Labute approximate surface area is 112 Å². The Hall–Kier alpha value is -1.81. The van der Waals surface area contributed by atoms with E-state index in [9.17, 15) is 20.1 Å². The molecule has 0 aromatic carbocycles. The molecule has 2 aromatic rings. The molecule has 1 aliphatic rings. The lowest BCUT2D eigenvalue weighted by atomic mass is 9.99. The average molecular weight is 282 g/mol. The zero-order valence-electron chi connectivity index (χ0n) is 10.5. The van der Waals surface area contributed by atoms with E-state index in [-0.39, 0.29) is 11.2 Å². The molecule has 3 heterocycles. The normalized spacial score (nSPS) is 34.5. The molecule has 9 nitrogen and oxygen atoms in total. The van der Waals surface area contributed by atoms with Crippen LogP contribution in [0, 0.1) is 0 Å². The van der Waals surface area contributed by atoms with Gasteiger partial charge in [-0.05, 0) is 6.92 Å². The third kappa shape index (κ3) is 1.83. The summed E-state index contributed by atoms with van der Waals surface area (Å²) in [6, 6.07) is 0. The van der Waals surface area contributed by atoms with Gasteiger partial charge in [0, 0.05) is 0 Å². The standard InChI is InChI=1S/C11H14N4O5/c1-4-6(16)7(17)8(18)11(20-4)15-3-14-5-9(15)12-2-13-10(5)19/h2-4,6-8,11,16-18H,1H3,(H,12,13,19)/t4-,6+,7+,8+,11-/m1/s1. The maximum Gasteiger partial charge on any atom is 0.278 e. The highest BCUT2D eigenvalue weighted by Gasteiger charge is 2.43. The van der Waals surface area contributed by atoms with E-state index in [0.717, 1.165) is 0 Å². The number of aromatic nitrogens is 4. The number of ether oxygens (including phenoxy) is 1. The smallest absolute Gasteiger partial charge is 0.278 e. The molecule has 9 heteroatoms. The van der Waals surface area contributed by atoms with Crippen LogP contribution < -0.4 is 5.56 Å². The molecular weight excluding hydrogens is 268 g/mol. The third-order valence-electron chi connectivity index (χ3n) is 3.47. The number of aromatic amines is 1. The molecular formula is C11H14N4O5. The fraction of sp³-hybridized carbons (Fsp3) is 0.545. The molecule has 0 amide bonds. The lowest BCUT2D eigenvalue weighted by molar-refractivity contribution is -0.239. The van der Waals surface area contributed by atoms with Crippen molar-refractivity contribution < 1.29 is 20.1 Å². The van der Waals surface area contributed by atoms with E-state index in [1.807, 2.05) is 0 Å². The van der Waals surface area contributed by atoms with E-state index in [2.05, 4.69) is 15.0 Å². The molecule has 108 valence electrons. The SMILES string of the molecule is C[C@H]1O[C@@H](n2cnc3c(=O)[nH]cnc32)[C@@H](O)[C@@H](O)[C@H]1O. The van der Waals surface area contributed by atoms with Gasteiger partial charge in [0.05, 0.1) is 18.8 Å². The van der Waals surface area contributed by atoms with E-state index in [4.69, 9.17) is 4.74 Å². The number of aliphatic hydroxyl groups excluding tert-OH is 3. The zero-order chi connectivity index (χ0) is 14.4.